The van der Waals surface area contributed by atoms with E-state index in [-0.39, 0.29) is 0 Å². The van der Waals surface area contributed by atoms with Crippen LogP contribution in [0.5, 0.6) is 0 Å². The maximum Gasteiger partial charge on any atom is 0.0784 e. The molecule has 108 valence electrons. The second-order valence-electron chi connectivity index (χ2n) is 4.99. The average molecular weight is 264 g/mol. The van der Waals surface area contributed by atoms with E-state index in [2.05, 4.69) is 39.3 Å². The number of nitrogens with two attached hydrogens (primary N) is 2. The van der Waals surface area contributed by atoms with E-state index in [1.54, 1.807) is 0 Å². The lowest BCUT2D eigenvalue weighted by Crippen LogP contribution is -2.24. The molecule has 0 heterocycles. The molecule has 0 rings (SSSR count). The van der Waals surface area contributed by atoms with Gasteiger partial charge in [-0.15, -0.1) is 0 Å². The molecule has 0 amide bonds. The predicted molar refractivity (Wildman–Crippen MR) is 85.3 cm³/mol. The number of hydrogen-bond acceptors (Lipinski definition) is 3. The second-order valence-corrected chi connectivity index (χ2v) is 6.40. The molecule has 3 nitrogen and oxygen atoms in total. The van der Waals surface area contributed by atoms with Crippen LogP contribution >= 0.6 is 0 Å². The van der Waals surface area contributed by atoms with Crippen molar-refractivity contribution in [1.82, 2.24) is 4.57 Å². The summed E-state index contributed by atoms with van der Waals surface area (Å²) in [6, 6.07) is 1.57. The first kappa shape index (κ1) is 22.3. The summed E-state index contributed by atoms with van der Waals surface area (Å²) < 4.78 is 2.36. The van der Waals surface area contributed by atoms with Crippen LogP contribution in [0, 0.1) is 0 Å². The zero-order chi connectivity index (χ0) is 14.4. The van der Waals surface area contributed by atoms with E-state index in [4.69, 9.17) is 11.5 Å². The molecule has 0 radical (unpaired) electrons. The molecule has 0 aliphatic heterocycles. The topological polar surface area (TPSA) is 55.3 Å². The van der Waals surface area contributed by atoms with Crippen LogP contribution in [0.2, 0.25) is 0 Å². The first-order valence-electron chi connectivity index (χ1n) is 6.90. The van der Waals surface area contributed by atoms with Gasteiger partial charge in [-0.3, -0.25) is 0 Å². The third kappa shape index (κ3) is 31.4. The third-order valence-corrected chi connectivity index (χ3v) is 3.64. The van der Waals surface area contributed by atoms with Gasteiger partial charge in [0.2, 0.25) is 0 Å². The van der Waals surface area contributed by atoms with Gasteiger partial charge in [0, 0.05) is 12.1 Å². The Morgan fingerprint density at radius 3 is 1.12 bits per heavy atom. The van der Waals surface area contributed by atoms with E-state index in [1.807, 2.05) is 13.8 Å². The third-order valence-electron chi connectivity index (χ3n) is 2.76. The van der Waals surface area contributed by atoms with Gasteiger partial charge in [0.05, 0.1) is 10.4 Å². The summed E-state index contributed by atoms with van der Waals surface area (Å²) in [4.78, 5) is 0. The molecule has 4 N–H and O–H groups in total. The number of rotatable bonds is 4. The van der Waals surface area contributed by atoms with Crippen molar-refractivity contribution in [3.05, 3.63) is 0 Å². The highest BCUT2D eigenvalue weighted by atomic mass is 28.2. The van der Waals surface area contributed by atoms with Crippen LogP contribution < -0.4 is 11.5 Å². The molecule has 0 fully saturated rings. The molecule has 4 heteroatoms. The number of nitrogens with zero attached hydrogens (tertiary/aromatic N) is 1. The van der Waals surface area contributed by atoms with E-state index in [0.29, 0.717) is 12.1 Å². The monoisotopic (exact) mass is 263 g/mol. The van der Waals surface area contributed by atoms with Gasteiger partial charge in [0.25, 0.3) is 0 Å². The van der Waals surface area contributed by atoms with Crippen molar-refractivity contribution in [3.63, 3.8) is 0 Å². The lowest BCUT2D eigenvalue weighted by atomic mass is 10.3. The molecule has 17 heavy (non-hydrogen) atoms. The fraction of sp³-hybridized carbons (Fsp3) is 1.00. The maximum atomic E-state index is 5.29. The van der Waals surface area contributed by atoms with E-state index in [0.717, 1.165) is 18.9 Å². The highest BCUT2D eigenvalue weighted by Crippen LogP contribution is 1.93. The summed E-state index contributed by atoms with van der Waals surface area (Å²) in [5.74, 6) is 0. The van der Waals surface area contributed by atoms with E-state index in [1.165, 1.54) is 16.8 Å². The van der Waals surface area contributed by atoms with Gasteiger partial charge in [0.1, 0.15) is 0 Å². The van der Waals surface area contributed by atoms with Crippen molar-refractivity contribution < 1.29 is 0 Å². The Bertz CT molecular complexity index is 120. The fourth-order valence-electron chi connectivity index (χ4n) is 0.365. The van der Waals surface area contributed by atoms with Gasteiger partial charge in [0.15, 0.2) is 0 Å². The Kier molecular flexibility index (Phi) is 21.1. The zero-order valence-electron chi connectivity index (χ0n) is 13.5. The highest BCUT2D eigenvalue weighted by Gasteiger charge is 1.96. The minimum Gasteiger partial charge on any atom is -0.332 e. The SMILES string of the molecule is CCC(C)N.CCC(C)N.CCC(C)N(C)[SiH3]. The van der Waals surface area contributed by atoms with Crippen LogP contribution in [0.25, 0.3) is 0 Å². The summed E-state index contributed by atoms with van der Waals surface area (Å²) in [5, 5.41) is 0. The summed E-state index contributed by atoms with van der Waals surface area (Å²) in [5.41, 5.74) is 10.6. The Balaban J connectivity index is -0.000000177. The van der Waals surface area contributed by atoms with Crippen LogP contribution in [0.1, 0.15) is 60.8 Å². The molecule has 0 spiro atoms. The average Bonchev–Trinajstić information content (AvgIpc) is 2.29. The normalized spacial score (nSPS) is 15.2. The van der Waals surface area contributed by atoms with E-state index in [9.17, 15) is 0 Å². The van der Waals surface area contributed by atoms with Crippen molar-refractivity contribution in [3.8, 4) is 0 Å². The predicted octanol–water partition coefficient (Wildman–Crippen LogP) is 1.48. The fourth-order valence-corrected chi connectivity index (χ4v) is 0.730. The molecule has 3 unspecified atom stereocenters. The van der Waals surface area contributed by atoms with Crippen molar-refractivity contribution in [2.75, 3.05) is 7.05 Å². The Hall–Kier alpha value is 0.0969. The molecule has 0 aromatic heterocycles. The summed E-state index contributed by atoms with van der Waals surface area (Å²) >= 11 is 0. The second kappa shape index (κ2) is 16.1. The first-order chi connectivity index (χ1) is 7.72. The lowest BCUT2D eigenvalue weighted by Gasteiger charge is -2.16. The van der Waals surface area contributed by atoms with Crippen molar-refractivity contribution in [1.29, 1.82) is 0 Å². The Morgan fingerprint density at radius 1 is 0.882 bits per heavy atom. The van der Waals surface area contributed by atoms with Crippen LogP contribution in [0.15, 0.2) is 0 Å². The van der Waals surface area contributed by atoms with Crippen molar-refractivity contribution in [2.45, 2.75) is 78.9 Å². The Morgan fingerprint density at radius 2 is 1.12 bits per heavy atom. The molecular formula is C13H37N3Si. The molecule has 0 aromatic carbocycles. The maximum absolute atomic E-state index is 5.29. The van der Waals surface area contributed by atoms with E-state index >= 15 is 0 Å². The van der Waals surface area contributed by atoms with Gasteiger partial charge in [-0.25, -0.2) is 0 Å². The van der Waals surface area contributed by atoms with Crippen molar-refractivity contribution >= 4 is 10.4 Å². The minimum absolute atomic E-state index is 0.384. The van der Waals surface area contributed by atoms with Gasteiger partial charge in [-0.2, -0.15) is 0 Å². The van der Waals surface area contributed by atoms with E-state index < -0.39 is 0 Å². The molecule has 0 aliphatic carbocycles. The largest absolute Gasteiger partial charge is 0.332 e. The van der Waals surface area contributed by atoms with Crippen LogP contribution in [0.4, 0.5) is 0 Å². The van der Waals surface area contributed by atoms with Crippen LogP contribution in [-0.4, -0.2) is 40.1 Å². The molecule has 3 atom stereocenters. The first-order valence-corrected chi connectivity index (χ1v) is 7.79. The number of hydrogen-bond donors (Lipinski definition) is 2. The van der Waals surface area contributed by atoms with Gasteiger partial charge in [-0.05, 0) is 46.2 Å². The van der Waals surface area contributed by atoms with Gasteiger partial charge >= 0.3 is 0 Å². The summed E-state index contributed by atoms with van der Waals surface area (Å²) in [6.07, 6.45) is 3.44. The minimum atomic E-state index is 0.384. The molecule has 0 bridgehead atoms. The summed E-state index contributed by atoms with van der Waals surface area (Å²) in [7, 11) is 3.36. The van der Waals surface area contributed by atoms with Gasteiger partial charge < -0.3 is 16.0 Å². The molecular weight excluding hydrogens is 226 g/mol. The molecule has 0 saturated carbocycles. The lowest BCUT2D eigenvalue weighted by molar-refractivity contribution is 0.410. The van der Waals surface area contributed by atoms with Crippen LogP contribution in [0.3, 0.4) is 0 Å². The highest BCUT2D eigenvalue weighted by molar-refractivity contribution is 6.04. The Labute approximate surface area is 113 Å². The standard InChI is InChI=1S/C5H15NSi.2C4H11N/c1-4-5(2)6(3)7;2*1-3-4(2)5/h5H,4H2,1-3,7H3;2*4H,3,5H2,1-2H3. The zero-order valence-corrected chi connectivity index (χ0v) is 15.5. The smallest absolute Gasteiger partial charge is 0.0784 e. The van der Waals surface area contributed by atoms with Crippen molar-refractivity contribution in [2.24, 2.45) is 11.5 Å². The quantitative estimate of drug-likeness (QED) is 0.756. The van der Waals surface area contributed by atoms with Gasteiger partial charge in [-0.1, -0.05) is 27.7 Å². The molecule has 0 aromatic rings. The molecule has 0 aliphatic rings. The van der Waals surface area contributed by atoms with Crippen LogP contribution in [-0.2, 0) is 0 Å². The molecule has 0 saturated heterocycles. The summed E-state index contributed by atoms with van der Waals surface area (Å²) in [6.45, 7) is 12.6.